The molecule has 0 spiro atoms. The molecule has 0 aromatic heterocycles. The van der Waals surface area contributed by atoms with E-state index in [4.69, 9.17) is 0 Å². The van der Waals surface area contributed by atoms with E-state index in [9.17, 15) is 10.1 Å². The Morgan fingerprint density at radius 3 is 2.45 bits per heavy atom. The molecule has 0 amide bonds. The summed E-state index contributed by atoms with van der Waals surface area (Å²) in [6.45, 7) is 1.93. The van der Waals surface area contributed by atoms with Crippen molar-refractivity contribution in [2.75, 3.05) is 13.1 Å². The van der Waals surface area contributed by atoms with Gasteiger partial charge in [0.2, 0.25) is 0 Å². The smallest absolute Gasteiger partial charge is 0.272 e. The SMILES string of the molecule is O=[N+]([O-])c1ccccc1CCNCC(C1CC1)C1CC1. The number of para-hydroxylation sites is 1. The minimum Gasteiger partial charge on any atom is -0.316 e. The quantitative estimate of drug-likeness (QED) is 0.450. The van der Waals surface area contributed by atoms with E-state index in [0.717, 1.165) is 42.8 Å². The number of benzene rings is 1. The number of nitrogens with zero attached hydrogens (tertiary/aromatic N) is 1. The van der Waals surface area contributed by atoms with E-state index in [2.05, 4.69) is 5.32 Å². The predicted molar refractivity (Wildman–Crippen MR) is 78.6 cm³/mol. The van der Waals surface area contributed by atoms with Crippen molar-refractivity contribution in [2.45, 2.75) is 32.1 Å². The van der Waals surface area contributed by atoms with E-state index in [1.165, 1.54) is 25.7 Å². The van der Waals surface area contributed by atoms with Gasteiger partial charge in [0, 0.05) is 11.6 Å². The fourth-order valence-electron chi connectivity index (χ4n) is 3.16. The first kappa shape index (κ1) is 13.6. The largest absolute Gasteiger partial charge is 0.316 e. The van der Waals surface area contributed by atoms with E-state index < -0.39 is 0 Å². The van der Waals surface area contributed by atoms with Crippen LogP contribution in [0.3, 0.4) is 0 Å². The van der Waals surface area contributed by atoms with Gasteiger partial charge in [-0.25, -0.2) is 0 Å². The van der Waals surface area contributed by atoms with Gasteiger partial charge in [-0.05, 0) is 62.9 Å². The molecular weight excluding hydrogens is 252 g/mol. The Kier molecular flexibility index (Phi) is 4.01. The summed E-state index contributed by atoms with van der Waals surface area (Å²) in [4.78, 5) is 10.7. The van der Waals surface area contributed by atoms with Gasteiger partial charge >= 0.3 is 0 Å². The van der Waals surface area contributed by atoms with Crippen molar-refractivity contribution in [3.63, 3.8) is 0 Å². The van der Waals surface area contributed by atoms with Gasteiger partial charge in [-0.2, -0.15) is 0 Å². The van der Waals surface area contributed by atoms with Crippen molar-refractivity contribution < 1.29 is 4.92 Å². The Balaban J connectivity index is 1.46. The van der Waals surface area contributed by atoms with Crippen LogP contribution < -0.4 is 5.32 Å². The number of nitro benzene ring substituents is 1. The topological polar surface area (TPSA) is 55.2 Å². The summed E-state index contributed by atoms with van der Waals surface area (Å²) < 4.78 is 0. The molecule has 0 aliphatic heterocycles. The highest BCUT2D eigenvalue weighted by Crippen LogP contribution is 2.48. The summed E-state index contributed by atoms with van der Waals surface area (Å²) in [6, 6.07) is 7.05. The van der Waals surface area contributed by atoms with Crippen LogP contribution in [0.5, 0.6) is 0 Å². The average molecular weight is 274 g/mol. The first-order valence-electron chi connectivity index (χ1n) is 7.68. The summed E-state index contributed by atoms with van der Waals surface area (Å²) in [5.41, 5.74) is 1.08. The van der Waals surface area contributed by atoms with Crippen LogP contribution in [-0.4, -0.2) is 18.0 Å². The highest BCUT2D eigenvalue weighted by molar-refractivity contribution is 5.39. The van der Waals surface area contributed by atoms with Gasteiger partial charge in [-0.3, -0.25) is 10.1 Å². The van der Waals surface area contributed by atoms with E-state index in [1.807, 2.05) is 12.1 Å². The molecule has 2 aliphatic rings. The summed E-state index contributed by atoms with van der Waals surface area (Å²) in [5.74, 6) is 2.78. The molecule has 2 fully saturated rings. The van der Waals surface area contributed by atoms with Gasteiger partial charge in [-0.1, -0.05) is 18.2 Å². The molecule has 3 rings (SSSR count). The van der Waals surface area contributed by atoms with Crippen molar-refractivity contribution in [2.24, 2.45) is 17.8 Å². The van der Waals surface area contributed by atoms with Crippen molar-refractivity contribution in [3.8, 4) is 0 Å². The zero-order valence-electron chi connectivity index (χ0n) is 11.8. The Labute approximate surface area is 119 Å². The molecule has 1 aromatic rings. The molecule has 1 N–H and O–H groups in total. The first-order valence-corrected chi connectivity index (χ1v) is 7.68. The summed E-state index contributed by atoms with van der Waals surface area (Å²) in [6.07, 6.45) is 6.37. The normalized spacial score (nSPS) is 18.4. The standard InChI is InChI=1S/C16H22N2O2/c19-18(20)16-4-2-1-3-14(16)9-10-17-11-15(12-5-6-12)13-7-8-13/h1-4,12-13,15,17H,5-11H2. The van der Waals surface area contributed by atoms with Crippen LogP contribution in [0.25, 0.3) is 0 Å². The van der Waals surface area contributed by atoms with Crippen molar-refractivity contribution in [3.05, 3.63) is 39.9 Å². The van der Waals surface area contributed by atoms with E-state index in [-0.39, 0.29) is 10.6 Å². The Hall–Kier alpha value is -1.42. The average Bonchev–Trinajstić information content (AvgIpc) is 3.32. The molecule has 4 heteroatoms. The monoisotopic (exact) mass is 274 g/mol. The third-order valence-corrected chi connectivity index (χ3v) is 4.59. The van der Waals surface area contributed by atoms with E-state index >= 15 is 0 Å². The molecule has 4 nitrogen and oxygen atoms in total. The Morgan fingerprint density at radius 2 is 1.85 bits per heavy atom. The second kappa shape index (κ2) is 5.92. The first-order chi connectivity index (χ1) is 9.75. The van der Waals surface area contributed by atoms with Crippen LogP contribution in [0.4, 0.5) is 5.69 Å². The van der Waals surface area contributed by atoms with Gasteiger partial charge < -0.3 is 5.32 Å². The fraction of sp³-hybridized carbons (Fsp3) is 0.625. The fourth-order valence-corrected chi connectivity index (χ4v) is 3.16. The molecule has 2 saturated carbocycles. The Morgan fingerprint density at radius 1 is 1.20 bits per heavy atom. The number of nitrogens with one attached hydrogen (secondary N) is 1. The third kappa shape index (κ3) is 3.37. The zero-order valence-corrected chi connectivity index (χ0v) is 11.8. The van der Waals surface area contributed by atoms with Crippen LogP contribution in [0, 0.1) is 27.9 Å². The second-order valence-corrected chi connectivity index (χ2v) is 6.18. The van der Waals surface area contributed by atoms with E-state index in [1.54, 1.807) is 12.1 Å². The molecule has 0 heterocycles. The summed E-state index contributed by atoms with van der Waals surface area (Å²) >= 11 is 0. The van der Waals surface area contributed by atoms with Gasteiger partial charge in [0.1, 0.15) is 0 Å². The second-order valence-electron chi connectivity index (χ2n) is 6.18. The van der Waals surface area contributed by atoms with Gasteiger partial charge in [-0.15, -0.1) is 0 Å². The molecule has 108 valence electrons. The number of nitro groups is 1. The number of rotatable bonds is 8. The van der Waals surface area contributed by atoms with Crippen LogP contribution in [0.15, 0.2) is 24.3 Å². The highest BCUT2D eigenvalue weighted by atomic mass is 16.6. The van der Waals surface area contributed by atoms with Crippen molar-refractivity contribution in [1.29, 1.82) is 0 Å². The van der Waals surface area contributed by atoms with Gasteiger partial charge in [0.25, 0.3) is 5.69 Å². The maximum Gasteiger partial charge on any atom is 0.272 e. The molecule has 1 aromatic carbocycles. The van der Waals surface area contributed by atoms with Crippen LogP contribution in [-0.2, 0) is 6.42 Å². The minimum absolute atomic E-state index is 0.246. The molecule has 0 atom stereocenters. The molecular formula is C16H22N2O2. The molecule has 0 radical (unpaired) electrons. The third-order valence-electron chi connectivity index (χ3n) is 4.59. The molecule has 2 aliphatic carbocycles. The lowest BCUT2D eigenvalue weighted by molar-refractivity contribution is -0.385. The van der Waals surface area contributed by atoms with Crippen LogP contribution in [0.1, 0.15) is 31.2 Å². The van der Waals surface area contributed by atoms with Crippen molar-refractivity contribution >= 4 is 5.69 Å². The van der Waals surface area contributed by atoms with Crippen LogP contribution in [0.2, 0.25) is 0 Å². The molecule has 20 heavy (non-hydrogen) atoms. The predicted octanol–water partition coefficient (Wildman–Crippen LogP) is 3.16. The van der Waals surface area contributed by atoms with Gasteiger partial charge in [0.05, 0.1) is 4.92 Å². The molecule has 0 saturated heterocycles. The zero-order chi connectivity index (χ0) is 13.9. The molecule has 0 bridgehead atoms. The van der Waals surface area contributed by atoms with Gasteiger partial charge in [0.15, 0.2) is 0 Å². The lowest BCUT2D eigenvalue weighted by atomic mass is 9.98. The maximum absolute atomic E-state index is 10.9. The van der Waals surface area contributed by atoms with E-state index in [0.29, 0.717) is 0 Å². The minimum atomic E-state index is -0.285. The number of hydrogen-bond donors (Lipinski definition) is 1. The molecule has 0 unspecified atom stereocenters. The lowest BCUT2D eigenvalue weighted by Crippen LogP contribution is -2.27. The van der Waals surface area contributed by atoms with Crippen molar-refractivity contribution in [1.82, 2.24) is 5.32 Å². The Bertz CT molecular complexity index is 469. The lowest BCUT2D eigenvalue weighted by Gasteiger charge is -2.16. The van der Waals surface area contributed by atoms with Crippen LogP contribution >= 0.6 is 0 Å². The maximum atomic E-state index is 10.9. The highest BCUT2D eigenvalue weighted by Gasteiger charge is 2.40. The summed E-state index contributed by atoms with van der Waals surface area (Å²) in [7, 11) is 0. The summed E-state index contributed by atoms with van der Waals surface area (Å²) in [5, 5.41) is 14.5. The number of hydrogen-bond acceptors (Lipinski definition) is 3.